The molecule has 156 valence electrons. The van der Waals surface area contributed by atoms with E-state index in [0.29, 0.717) is 0 Å². The molecule has 3 aromatic rings. The summed E-state index contributed by atoms with van der Waals surface area (Å²) in [7, 11) is 0. The van der Waals surface area contributed by atoms with E-state index in [-0.39, 0.29) is 6.79 Å². The number of aryl methyl sites for hydroxylation is 1. The average Bonchev–Trinajstić information content (AvgIpc) is 3.41. The zero-order chi connectivity index (χ0) is 20.3. The van der Waals surface area contributed by atoms with Crippen molar-refractivity contribution in [3.63, 3.8) is 0 Å². The Labute approximate surface area is 180 Å². The van der Waals surface area contributed by atoms with Crippen LogP contribution in [0.1, 0.15) is 5.56 Å². The van der Waals surface area contributed by atoms with Crippen molar-refractivity contribution in [3.8, 4) is 22.8 Å². The molecule has 0 amide bonds. The fourth-order valence-corrected chi connectivity index (χ4v) is 4.67. The highest BCUT2D eigenvalue weighted by Gasteiger charge is 2.17. The molecule has 3 heterocycles. The Hall–Kier alpha value is -2.61. The molecule has 2 aromatic carbocycles. The van der Waals surface area contributed by atoms with E-state index in [4.69, 9.17) is 19.2 Å². The summed E-state index contributed by atoms with van der Waals surface area (Å²) < 4.78 is 18.9. The molecular formula is C23H25N3O3S. The van der Waals surface area contributed by atoms with Crippen LogP contribution in [-0.2, 0) is 11.3 Å². The standard InChI is InChI=1S/C23H25N3O3S/c1-17-2-5-19(6-3-17)24-23-26(9-8-25-10-12-27-13-11-25)20(15-30-23)18-4-7-21-22(14-18)29-16-28-21/h2-7,14-15H,8-13,16H2,1H3. The number of hydrogen-bond donors (Lipinski definition) is 0. The molecule has 0 N–H and O–H groups in total. The summed E-state index contributed by atoms with van der Waals surface area (Å²) in [6, 6.07) is 14.5. The Morgan fingerprint density at radius 1 is 0.967 bits per heavy atom. The Morgan fingerprint density at radius 2 is 1.77 bits per heavy atom. The number of nitrogens with zero attached hydrogens (tertiary/aromatic N) is 3. The van der Waals surface area contributed by atoms with E-state index in [0.717, 1.165) is 72.6 Å². The van der Waals surface area contributed by atoms with Gasteiger partial charge in [0, 0.05) is 37.1 Å². The molecule has 1 saturated heterocycles. The summed E-state index contributed by atoms with van der Waals surface area (Å²) in [5.74, 6) is 1.61. The van der Waals surface area contributed by atoms with Crippen LogP contribution in [0.3, 0.4) is 0 Å². The van der Waals surface area contributed by atoms with Gasteiger partial charge in [0.2, 0.25) is 6.79 Å². The second-order valence-corrected chi connectivity index (χ2v) is 8.36. The van der Waals surface area contributed by atoms with Gasteiger partial charge in [-0.05, 0) is 37.3 Å². The predicted molar refractivity (Wildman–Crippen MR) is 118 cm³/mol. The van der Waals surface area contributed by atoms with Crippen LogP contribution in [-0.4, -0.2) is 49.1 Å². The van der Waals surface area contributed by atoms with E-state index in [2.05, 4.69) is 58.2 Å². The first-order valence-corrected chi connectivity index (χ1v) is 11.1. The fourth-order valence-electron chi connectivity index (χ4n) is 3.72. The molecule has 0 unspecified atom stereocenters. The monoisotopic (exact) mass is 423 g/mol. The summed E-state index contributed by atoms with van der Waals surface area (Å²) in [4.78, 5) is 8.40. The molecule has 0 radical (unpaired) electrons. The van der Waals surface area contributed by atoms with Gasteiger partial charge in [-0.25, -0.2) is 4.99 Å². The number of ether oxygens (including phenoxy) is 3. The molecule has 0 atom stereocenters. The molecule has 2 aliphatic heterocycles. The van der Waals surface area contributed by atoms with Crippen molar-refractivity contribution in [1.29, 1.82) is 0 Å². The average molecular weight is 424 g/mol. The summed E-state index contributed by atoms with van der Waals surface area (Å²) in [5.41, 5.74) is 4.47. The number of morpholine rings is 1. The van der Waals surface area contributed by atoms with Crippen LogP contribution in [0.4, 0.5) is 5.69 Å². The molecule has 2 aliphatic rings. The Morgan fingerprint density at radius 3 is 2.60 bits per heavy atom. The first kappa shape index (κ1) is 19.4. The lowest BCUT2D eigenvalue weighted by atomic mass is 10.1. The zero-order valence-corrected chi connectivity index (χ0v) is 17.9. The number of rotatable bonds is 5. The van der Waals surface area contributed by atoms with Gasteiger partial charge in [0.15, 0.2) is 16.3 Å². The lowest BCUT2D eigenvalue weighted by Gasteiger charge is -2.26. The molecular weight excluding hydrogens is 398 g/mol. The largest absolute Gasteiger partial charge is 0.454 e. The number of benzene rings is 2. The van der Waals surface area contributed by atoms with Crippen LogP contribution in [0.5, 0.6) is 11.5 Å². The van der Waals surface area contributed by atoms with E-state index >= 15 is 0 Å². The Bertz CT molecular complexity index is 1080. The van der Waals surface area contributed by atoms with Crippen LogP contribution in [0.15, 0.2) is 52.8 Å². The lowest BCUT2D eigenvalue weighted by Crippen LogP contribution is -2.39. The van der Waals surface area contributed by atoms with E-state index in [1.807, 2.05) is 6.07 Å². The van der Waals surface area contributed by atoms with Crippen LogP contribution in [0.2, 0.25) is 0 Å². The van der Waals surface area contributed by atoms with Gasteiger partial charge in [0.1, 0.15) is 0 Å². The Kier molecular flexibility index (Phi) is 5.57. The molecule has 7 heteroatoms. The van der Waals surface area contributed by atoms with Crippen molar-refractivity contribution in [1.82, 2.24) is 9.47 Å². The number of thiazole rings is 1. The Balaban J connectivity index is 1.51. The zero-order valence-electron chi connectivity index (χ0n) is 17.0. The van der Waals surface area contributed by atoms with Gasteiger partial charge in [-0.3, -0.25) is 4.90 Å². The molecule has 0 saturated carbocycles. The van der Waals surface area contributed by atoms with Crippen molar-refractivity contribution in [2.45, 2.75) is 13.5 Å². The summed E-state index contributed by atoms with van der Waals surface area (Å²) in [6.45, 7) is 7.80. The summed E-state index contributed by atoms with van der Waals surface area (Å²) in [6.07, 6.45) is 0. The van der Waals surface area contributed by atoms with Gasteiger partial charge in [0.25, 0.3) is 0 Å². The van der Waals surface area contributed by atoms with Crippen LogP contribution < -0.4 is 14.3 Å². The molecule has 6 nitrogen and oxygen atoms in total. The summed E-state index contributed by atoms with van der Waals surface area (Å²) >= 11 is 1.67. The van der Waals surface area contributed by atoms with E-state index in [9.17, 15) is 0 Å². The van der Waals surface area contributed by atoms with E-state index < -0.39 is 0 Å². The normalized spacial score (nSPS) is 16.9. The van der Waals surface area contributed by atoms with Gasteiger partial charge in [-0.15, -0.1) is 11.3 Å². The maximum atomic E-state index is 5.60. The van der Waals surface area contributed by atoms with Crippen molar-refractivity contribution in [2.75, 3.05) is 39.6 Å². The molecule has 1 aromatic heterocycles. The summed E-state index contributed by atoms with van der Waals surface area (Å²) in [5, 5.41) is 2.18. The SMILES string of the molecule is Cc1ccc(N=c2scc(-c3ccc4c(c3)OCO4)n2CCN2CCOCC2)cc1. The number of hydrogen-bond acceptors (Lipinski definition) is 6. The number of aromatic nitrogens is 1. The van der Waals surface area contributed by atoms with Gasteiger partial charge in [-0.2, -0.15) is 0 Å². The van der Waals surface area contributed by atoms with Crippen LogP contribution >= 0.6 is 11.3 Å². The highest BCUT2D eigenvalue weighted by Crippen LogP contribution is 2.36. The smallest absolute Gasteiger partial charge is 0.231 e. The predicted octanol–water partition coefficient (Wildman–Crippen LogP) is 3.82. The van der Waals surface area contributed by atoms with Gasteiger partial charge in [0.05, 0.1) is 24.6 Å². The quantitative estimate of drug-likeness (QED) is 0.626. The second kappa shape index (κ2) is 8.63. The lowest BCUT2D eigenvalue weighted by molar-refractivity contribution is 0.0363. The highest BCUT2D eigenvalue weighted by molar-refractivity contribution is 7.07. The van der Waals surface area contributed by atoms with Crippen LogP contribution in [0, 0.1) is 6.92 Å². The van der Waals surface area contributed by atoms with Crippen molar-refractivity contribution in [2.24, 2.45) is 4.99 Å². The number of fused-ring (bicyclic) bond motifs is 1. The molecule has 1 fully saturated rings. The maximum Gasteiger partial charge on any atom is 0.231 e. The molecule has 5 rings (SSSR count). The van der Waals surface area contributed by atoms with Crippen molar-refractivity contribution in [3.05, 3.63) is 58.2 Å². The highest BCUT2D eigenvalue weighted by atomic mass is 32.1. The molecule has 0 spiro atoms. The van der Waals surface area contributed by atoms with Gasteiger partial charge < -0.3 is 18.8 Å². The van der Waals surface area contributed by atoms with Gasteiger partial charge in [-0.1, -0.05) is 17.7 Å². The van der Waals surface area contributed by atoms with Crippen molar-refractivity contribution < 1.29 is 14.2 Å². The molecule has 30 heavy (non-hydrogen) atoms. The first-order chi connectivity index (χ1) is 14.8. The third-order valence-electron chi connectivity index (χ3n) is 5.47. The second-order valence-electron chi connectivity index (χ2n) is 7.52. The minimum Gasteiger partial charge on any atom is -0.454 e. The molecule has 0 aliphatic carbocycles. The fraction of sp³-hybridized carbons (Fsp3) is 0.348. The van der Waals surface area contributed by atoms with Gasteiger partial charge >= 0.3 is 0 Å². The van der Waals surface area contributed by atoms with Crippen LogP contribution in [0.25, 0.3) is 11.3 Å². The minimum atomic E-state index is 0.285. The topological polar surface area (TPSA) is 48.2 Å². The third-order valence-corrected chi connectivity index (χ3v) is 6.33. The van der Waals surface area contributed by atoms with Crippen molar-refractivity contribution >= 4 is 17.0 Å². The maximum absolute atomic E-state index is 5.60. The van der Waals surface area contributed by atoms with E-state index in [1.54, 1.807) is 11.3 Å². The molecule has 0 bridgehead atoms. The van der Waals surface area contributed by atoms with E-state index in [1.165, 1.54) is 5.56 Å². The third kappa shape index (κ3) is 4.14. The first-order valence-electron chi connectivity index (χ1n) is 10.3. The minimum absolute atomic E-state index is 0.285.